The summed E-state index contributed by atoms with van der Waals surface area (Å²) in [4.78, 5) is 0. The number of alkyl halides is 4. The van der Waals surface area contributed by atoms with Crippen LogP contribution in [0.25, 0.3) is 0 Å². The molecule has 1 rings (SSSR count). The first-order chi connectivity index (χ1) is 8.74. The van der Waals surface area contributed by atoms with Crippen molar-refractivity contribution in [3.05, 3.63) is 34.9 Å². The summed E-state index contributed by atoms with van der Waals surface area (Å²) in [7, 11) is 0. The van der Waals surface area contributed by atoms with E-state index in [-0.39, 0.29) is 6.61 Å². The average Bonchev–Trinajstić information content (AvgIpc) is 2.32. The summed E-state index contributed by atoms with van der Waals surface area (Å²) in [6, 6.07) is 4.84. The van der Waals surface area contributed by atoms with Gasteiger partial charge in [0.25, 0.3) is 0 Å². The van der Waals surface area contributed by atoms with Crippen molar-refractivity contribution in [3.63, 3.8) is 0 Å². The molecule has 0 saturated carbocycles. The van der Waals surface area contributed by atoms with Crippen molar-refractivity contribution < 1.29 is 22.3 Å². The molecule has 0 aromatic heterocycles. The first kappa shape index (κ1) is 15.9. The molecule has 1 atom stereocenters. The number of nitrogens with two attached hydrogens (primary N) is 1. The molecule has 0 fully saturated rings. The second-order valence-electron chi connectivity index (χ2n) is 4.53. The van der Waals surface area contributed by atoms with Gasteiger partial charge in [-0.25, -0.2) is 8.78 Å². The quantitative estimate of drug-likeness (QED) is 0.811. The van der Waals surface area contributed by atoms with Crippen molar-refractivity contribution in [2.45, 2.75) is 32.2 Å². The van der Waals surface area contributed by atoms with Crippen molar-refractivity contribution >= 4 is 0 Å². The second kappa shape index (κ2) is 6.34. The van der Waals surface area contributed by atoms with Crippen molar-refractivity contribution in [1.29, 1.82) is 0 Å². The molecule has 1 unspecified atom stereocenters. The zero-order valence-electron chi connectivity index (χ0n) is 10.8. The molecular formula is C13H17F4NO. The van der Waals surface area contributed by atoms with Gasteiger partial charge in [0.2, 0.25) is 0 Å². The minimum Gasteiger partial charge on any atom is -0.373 e. The molecule has 0 aliphatic rings. The molecule has 0 bridgehead atoms. The second-order valence-corrected chi connectivity index (χ2v) is 4.53. The van der Waals surface area contributed by atoms with E-state index in [0.29, 0.717) is 0 Å². The smallest absolute Gasteiger partial charge is 0.330 e. The number of benzene rings is 1. The standard InChI is InChI=1S/C13H17F4NO/c1-8-3-4-10(5-9(8)2)11(18)6-19-7-13(16,17)12(14)15/h3-5,11-12H,6-7,18H2,1-2H3. The lowest BCUT2D eigenvalue weighted by Gasteiger charge is -2.18. The molecule has 6 heteroatoms. The number of hydrogen-bond donors (Lipinski definition) is 1. The van der Waals surface area contributed by atoms with Crippen LogP contribution in [-0.2, 0) is 4.74 Å². The highest BCUT2D eigenvalue weighted by Gasteiger charge is 2.41. The Bertz CT molecular complexity index is 423. The molecule has 0 aliphatic carbocycles. The summed E-state index contributed by atoms with van der Waals surface area (Å²) in [6.45, 7) is 2.27. The third-order valence-corrected chi connectivity index (χ3v) is 2.87. The SMILES string of the molecule is Cc1ccc(C(N)COCC(F)(F)C(F)F)cc1C. The maximum atomic E-state index is 12.6. The molecule has 19 heavy (non-hydrogen) atoms. The van der Waals surface area contributed by atoms with Crippen LogP contribution in [0.1, 0.15) is 22.7 Å². The van der Waals surface area contributed by atoms with E-state index in [1.807, 2.05) is 26.0 Å². The van der Waals surface area contributed by atoms with Gasteiger partial charge in [-0.15, -0.1) is 0 Å². The van der Waals surface area contributed by atoms with Gasteiger partial charge < -0.3 is 10.5 Å². The third-order valence-electron chi connectivity index (χ3n) is 2.87. The number of hydrogen-bond acceptors (Lipinski definition) is 2. The lowest BCUT2D eigenvalue weighted by Crippen LogP contribution is -2.33. The van der Waals surface area contributed by atoms with Gasteiger partial charge in [0.05, 0.1) is 12.6 Å². The molecule has 0 saturated heterocycles. The van der Waals surface area contributed by atoms with E-state index in [1.54, 1.807) is 6.07 Å². The number of rotatable bonds is 6. The summed E-state index contributed by atoms with van der Waals surface area (Å²) in [5, 5.41) is 0. The van der Waals surface area contributed by atoms with E-state index in [4.69, 9.17) is 5.73 Å². The molecule has 0 spiro atoms. The molecule has 2 nitrogen and oxygen atoms in total. The van der Waals surface area contributed by atoms with Gasteiger partial charge >= 0.3 is 12.3 Å². The summed E-state index contributed by atoms with van der Waals surface area (Å²) in [5.74, 6) is -4.14. The van der Waals surface area contributed by atoms with Gasteiger partial charge in [0.1, 0.15) is 6.61 Å². The zero-order valence-corrected chi connectivity index (χ0v) is 10.8. The Labute approximate surface area is 109 Å². The van der Waals surface area contributed by atoms with Crippen LogP contribution in [-0.4, -0.2) is 25.6 Å². The fourth-order valence-electron chi connectivity index (χ4n) is 1.48. The Morgan fingerprint density at radius 3 is 2.37 bits per heavy atom. The molecule has 0 radical (unpaired) electrons. The van der Waals surface area contributed by atoms with Gasteiger partial charge in [-0.2, -0.15) is 8.78 Å². The Morgan fingerprint density at radius 1 is 1.21 bits per heavy atom. The van der Waals surface area contributed by atoms with Crippen molar-refractivity contribution in [2.75, 3.05) is 13.2 Å². The topological polar surface area (TPSA) is 35.2 Å². The Kier molecular flexibility index (Phi) is 5.31. The van der Waals surface area contributed by atoms with Crippen molar-refractivity contribution in [1.82, 2.24) is 0 Å². The third kappa shape index (κ3) is 4.47. The highest BCUT2D eigenvalue weighted by Crippen LogP contribution is 2.23. The lowest BCUT2D eigenvalue weighted by molar-refractivity contribution is -0.166. The zero-order chi connectivity index (χ0) is 14.6. The first-order valence-corrected chi connectivity index (χ1v) is 5.80. The predicted octanol–water partition coefficient (Wildman–Crippen LogP) is 3.22. The van der Waals surface area contributed by atoms with Crippen LogP contribution in [0.4, 0.5) is 17.6 Å². The molecular weight excluding hydrogens is 262 g/mol. The molecule has 2 N–H and O–H groups in total. The van der Waals surface area contributed by atoms with E-state index < -0.39 is 25.0 Å². The van der Waals surface area contributed by atoms with Crippen LogP contribution in [0.2, 0.25) is 0 Å². The van der Waals surface area contributed by atoms with Crippen molar-refractivity contribution in [2.24, 2.45) is 5.73 Å². The Hall–Kier alpha value is -1.14. The minimum absolute atomic E-state index is 0.231. The van der Waals surface area contributed by atoms with Crippen molar-refractivity contribution in [3.8, 4) is 0 Å². The first-order valence-electron chi connectivity index (χ1n) is 5.80. The molecule has 0 amide bonds. The fraction of sp³-hybridized carbons (Fsp3) is 0.538. The van der Waals surface area contributed by atoms with E-state index in [9.17, 15) is 17.6 Å². The summed E-state index contributed by atoms with van der Waals surface area (Å²) >= 11 is 0. The van der Waals surface area contributed by atoms with Crippen LogP contribution >= 0.6 is 0 Å². The largest absolute Gasteiger partial charge is 0.373 e. The maximum absolute atomic E-state index is 12.6. The monoisotopic (exact) mass is 279 g/mol. The van der Waals surface area contributed by atoms with Crippen LogP contribution in [0.15, 0.2) is 18.2 Å². The van der Waals surface area contributed by atoms with Crippen LogP contribution in [0, 0.1) is 13.8 Å². The molecule has 1 aromatic carbocycles. The maximum Gasteiger partial charge on any atom is 0.330 e. The van der Waals surface area contributed by atoms with Crippen LogP contribution < -0.4 is 5.73 Å². The van der Waals surface area contributed by atoms with E-state index in [0.717, 1.165) is 16.7 Å². The van der Waals surface area contributed by atoms with Crippen LogP contribution in [0.3, 0.4) is 0 Å². The van der Waals surface area contributed by atoms with Gasteiger partial charge in [-0.05, 0) is 30.5 Å². The molecule has 0 heterocycles. The van der Waals surface area contributed by atoms with Gasteiger partial charge in [-0.3, -0.25) is 0 Å². The van der Waals surface area contributed by atoms with Gasteiger partial charge in [0.15, 0.2) is 0 Å². The Morgan fingerprint density at radius 2 is 1.84 bits per heavy atom. The minimum atomic E-state index is -4.14. The Balaban J connectivity index is 2.52. The highest BCUT2D eigenvalue weighted by atomic mass is 19.3. The average molecular weight is 279 g/mol. The molecule has 1 aromatic rings. The molecule has 108 valence electrons. The molecule has 0 aliphatic heterocycles. The summed E-state index contributed by atoms with van der Waals surface area (Å²) < 4.78 is 53.6. The van der Waals surface area contributed by atoms with E-state index in [1.165, 1.54) is 0 Å². The highest BCUT2D eigenvalue weighted by molar-refractivity contribution is 5.31. The van der Waals surface area contributed by atoms with E-state index in [2.05, 4.69) is 4.74 Å². The normalized spacial score (nSPS) is 13.9. The number of aryl methyl sites for hydroxylation is 2. The number of ether oxygens (including phenoxy) is 1. The van der Waals surface area contributed by atoms with Crippen LogP contribution in [0.5, 0.6) is 0 Å². The fourth-order valence-corrected chi connectivity index (χ4v) is 1.48. The lowest BCUT2D eigenvalue weighted by atomic mass is 10.0. The summed E-state index contributed by atoms with van der Waals surface area (Å²) in [5.41, 5.74) is 8.59. The summed E-state index contributed by atoms with van der Waals surface area (Å²) in [6.07, 6.45) is -3.73. The van der Waals surface area contributed by atoms with Gasteiger partial charge in [0, 0.05) is 0 Å². The number of halogens is 4. The predicted molar refractivity (Wildman–Crippen MR) is 64.6 cm³/mol. The van der Waals surface area contributed by atoms with E-state index >= 15 is 0 Å². The van der Waals surface area contributed by atoms with Gasteiger partial charge in [-0.1, -0.05) is 18.2 Å².